The fourth-order valence-electron chi connectivity index (χ4n) is 2.19. The number of hydrogen-bond acceptors (Lipinski definition) is 3. The van der Waals surface area contributed by atoms with E-state index in [0.717, 1.165) is 25.1 Å². The Kier molecular flexibility index (Phi) is 6.42. The van der Waals surface area contributed by atoms with Crippen LogP contribution in [0.15, 0.2) is 24.3 Å². The number of likely N-dealkylation sites (tertiary alicyclic amines) is 1. The van der Waals surface area contributed by atoms with Gasteiger partial charge in [-0.2, -0.15) is 0 Å². The van der Waals surface area contributed by atoms with Gasteiger partial charge >= 0.3 is 5.97 Å². The molecule has 0 aliphatic carbocycles. The summed E-state index contributed by atoms with van der Waals surface area (Å²) in [4.78, 5) is 12.9. The highest BCUT2D eigenvalue weighted by molar-refractivity contribution is 6.30. The van der Waals surface area contributed by atoms with Crippen molar-refractivity contribution in [3.8, 4) is 5.75 Å². The van der Waals surface area contributed by atoms with Crippen LogP contribution < -0.4 is 4.74 Å². The summed E-state index contributed by atoms with van der Waals surface area (Å²) in [5.74, 6) is 0.0180. The molecule has 1 aromatic rings. The van der Waals surface area contributed by atoms with Crippen molar-refractivity contribution in [1.82, 2.24) is 4.90 Å². The summed E-state index contributed by atoms with van der Waals surface area (Å²) in [5.41, 5.74) is 0. The van der Waals surface area contributed by atoms with E-state index in [4.69, 9.17) is 21.4 Å². The molecule has 0 aromatic heterocycles. The molecular weight excluding hydrogens is 289 g/mol. The topological polar surface area (TPSA) is 49.8 Å². The van der Waals surface area contributed by atoms with Gasteiger partial charge in [0, 0.05) is 11.6 Å². The number of ether oxygens (including phenoxy) is 1. The first-order valence-electron chi connectivity index (χ1n) is 6.02. The summed E-state index contributed by atoms with van der Waals surface area (Å²) in [6.45, 7) is 1.96. The molecule has 0 spiro atoms. The van der Waals surface area contributed by atoms with Gasteiger partial charge in [-0.1, -0.05) is 11.6 Å². The predicted molar refractivity (Wildman–Crippen MR) is 76.4 cm³/mol. The first-order valence-corrected chi connectivity index (χ1v) is 6.40. The van der Waals surface area contributed by atoms with Crippen molar-refractivity contribution in [2.75, 3.05) is 19.7 Å². The van der Waals surface area contributed by atoms with Crippen molar-refractivity contribution in [1.29, 1.82) is 0 Å². The highest BCUT2D eigenvalue weighted by Crippen LogP contribution is 2.18. The van der Waals surface area contributed by atoms with Gasteiger partial charge in [0.1, 0.15) is 18.4 Å². The molecule has 1 aromatic carbocycles. The Bertz CT molecular complexity index is 411. The first-order chi connectivity index (χ1) is 8.66. The molecule has 1 fully saturated rings. The van der Waals surface area contributed by atoms with E-state index in [1.807, 2.05) is 4.90 Å². The van der Waals surface area contributed by atoms with Gasteiger partial charge in [0.25, 0.3) is 0 Å². The number of rotatable bonds is 5. The Labute approximate surface area is 123 Å². The average Bonchev–Trinajstić information content (AvgIpc) is 2.80. The molecule has 1 unspecified atom stereocenters. The largest absolute Gasteiger partial charge is 0.492 e. The average molecular weight is 306 g/mol. The van der Waals surface area contributed by atoms with Crippen LogP contribution in [0.2, 0.25) is 5.02 Å². The fraction of sp³-hybridized carbons (Fsp3) is 0.462. The van der Waals surface area contributed by atoms with Gasteiger partial charge < -0.3 is 9.84 Å². The van der Waals surface area contributed by atoms with Crippen LogP contribution in [0, 0.1) is 0 Å². The summed E-state index contributed by atoms with van der Waals surface area (Å²) >= 11 is 5.77. The van der Waals surface area contributed by atoms with Gasteiger partial charge in [0.2, 0.25) is 0 Å². The number of aliphatic carboxylic acids is 1. The predicted octanol–water partition coefficient (Wildman–Crippen LogP) is 2.69. The zero-order valence-electron chi connectivity index (χ0n) is 10.4. The zero-order valence-corrected chi connectivity index (χ0v) is 12.0. The molecule has 0 bridgehead atoms. The second kappa shape index (κ2) is 7.58. The molecule has 1 aliphatic rings. The summed E-state index contributed by atoms with van der Waals surface area (Å²) < 4.78 is 5.56. The number of nitrogens with zero attached hydrogens (tertiary/aromatic N) is 1. The number of hydrogen-bond donors (Lipinski definition) is 1. The Balaban J connectivity index is 0.00000180. The van der Waals surface area contributed by atoms with E-state index in [0.29, 0.717) is 18.2 Å². The molecule has 0 radical (unpaired) electrons. The van der Waals surface area contributed by atoms with Crippen LogP contribution in [-0.2, 0) is 4.79 Å². The van der Waals surface area contributed by atoms with E-state index in [9.17, 15) is 4.79 Å². The molecule has 1 atom stereocenters. The second-order valence-corrected chi connectivity index (χ2v) is 4.77. The molecule has 19 heavy (non-hydrogen) atoms. The fourth-order valence-corrected chi connectivity index (χ4v) is 2.31. The summed E-state index contributed by atoms with van der Waals surface area (Å²) in [5, 5.41) is 9.71. The molecule has 0 saturated carbocycles. The van der Waals surface area contributed by atoms with Crippen molar-refractivity contribution in [3.05, 3.63) is 29.3 Å². The van der Waals surface area contributed by atoms with Crippen molar-refractivity contribution < 1.29 is 14.6 Å². The molecular formula is C13H17Cl2NO3. The number of carbonyl (C=O) groups is 1. The van der Waals surface area contributed by atoms with E-state index < -0.39 is 5.97 Å². The van der Waals surface area contributed by atoms with Crippen LogP contribution in [0.4, 0.5) is 0 Å². The highest BCUT2D eigenvalue weighted by atomic mass is 35.5. The summed E-state index contributed by atoms with van der Waals surface area (Å²) in [7, 11) is 0. The lowest BCUT2D eigenvalue weighted by Crippen LogP contribution is -2.38. The third kappa shape index (κ3) is 4.56. The molecule has 4 nitrogen and oxygen atoms in total. The van der Waals surface area contributed by atoms with Crippen LogP contribution in [0.1, 0.15) is 12.8 Å². The first kappa shape index (κ1) is 16.1. The van der Waals surface area contributed by atoms with Crippen LogP contribution >= 0.6 is 24.0 Å². The Hall–Kier alpha value is -0.970. The highest BCUT2D eigenvalue weighted by Gasteiger charge is 2.29. The normalized spacial score (nSPS) is 18.9. The monoisotopic (exact) mass is 305 g/mol. The van der Waals surface area contributed by atoms with Gasteiger partial charge in [0.05, 0.1) is 0 Å². The van der Waals surface area contributed by atoms with Crippen LogP contribution in [0.3, 0.4) is 0 Å². The molecule has 1 aliphatic heterocycles. The van der Waals surface area contributed by atoms with E-state index in [1.54, 1.807) is 24.3 Å². The van der Waals surface area contributed by atoms with E-state index in [2.05, 4.69) is 0 Å². The molecule has 1 saturated heterocycles. The number of carboxylic acid groups (broad SMARTS) is 1. The molecule has 1 heterocycles. The second-order valence-electron chi connectivity index (χ2n) is 4.33. The van der Waals surface area contributed by atoms with Crippen molar-refractivity contribution >= 4 is 30.0 Å². The minimum absolute atomic E-state index is 0. The molecule has 6 heteroatoms. The summed E-state index contributed by atoms with van der Waals surface area (Å²) in [6, 6.07) is 6.81. The standard InChI is InChI=1S/C13H16ClNO3.ClH/c14-10-3-5-11(6-4-10)18-9-8-15-7-1-2-12(15)13(16)17;/h3-6,12H,1-2,7-9H2,(H,16,17);1H. The maximum atomic E-state index is 11.0. The summed E-state index contributed by atoms with van der Waals surface area (Å²) in [6.07, 6.45) is 1.67. The number of carboxylic acids is 1. The van der Waals surface area contributed by atoms with Gasteiger partial charge in [-0.3, -0.25) is 9.69 Å². The maximum Gasteiger partial charge on any atom is 0.320 e. The Morgan fingerprint density at radius 1 is 1.42 bits per heavy atom. The van der Waals surface area contributed by atoms with Gasteiger partial charge in [-0.05, 0) is 43.7 Å². The minimum Gasteiger partial charge on any atom is -0.492 e. The van der Waals surface area contributed by atoms with Crippen LogP contribution in [-0.4, -0.2) is 41.7 Å². The minimum atomic E-state index is -0.737. The van der Waals surface area contributed by atoms with Crippen molar-refractivity contribution in [2.45, 2.75) is 18.9 Å². The Morgan fingerprint density at radius 2 is 2.11 bits per heavy atom. The van der Waals surface area contributed by atoms with Gasteiger partial charge in [-0.25, -0.2) is 0 Å². The van der Waals surface area contributed by atoms with Gasteiger partial charge in [0.15, 0.2) is 0 Å². The third-order valence-electron chi connectivity index (χ3n) is 3.11. The zero-order chi connectivity index (χ0) is 13.0. The van der Waals surface area contributed by atoms with Crippen LogP contribution in [0.25, 0.3) is 0 Å². The lowest BCUT2D eigenvalue weighted by Gasteiger charge is -2.20. The quantitative estimate of drug-likeness (QED) is 0.908. The van der Waals surface area contributed by atoms with E-state index >= 15 is 0 Å². The molecule has 1 N–H and O–H groups in total. The molecule has 0 amide bonds. The van der Waals surface area contributed by atoms with E-state index in [-0.39, 0.29) is 18.4 Å². The van der Waals surface area contributed by atoms with Crippen LogP contribution in [0.5, 0.6) is 5.75 Å². The Morgan fingerprint density at radius 3 is 2.74 bits per heavy atom. The lowest BCUT2D eigenvalue weighted by molar-refractivity contribution is -0.142. The molecule has 106 valence electrons. The lowest BCUT2D eigenvalue weighted by atomic mass is 10.2. The van der Waals surface area contributed by atoms with E-state index in [1.165, 1.54) is 0 Å². The smallest absolute Gasteiger partial charge is 0.320 e. The SMILES string of the molecule is Cl.O=C(O)C1CCCN1CCOc1ccc(Cl)cc1. The maximum absolute atomic E-state index is 11.0. The van der Waals surface area contributed by atoms with Crippen molar-refractivity contribution in [3.63, 3.8) is 0 Å². The van der Waals surface area contributed by atoms with Gasteiger partial charge in [-0.15, -0.1) is 12.4 Å². The number of halogens is 2. The number of benzene rings is 1. The third-order valence-corrected chi connectivity index (χ3v) is 3.36. The van der Waals surface area contributed by atoms with Crippen molar-refractivity contribution in [2.24, 2.45) is 0 Å². The molecule has 2 rings (SSSR count).